The molecule has 0 atom stereocenters. The van der Waals surface area contributed by atoms with E-state index >= 15 is 0 Å². The van der Waals surface area contributed by atoms with Gasteiger partial charge in [-0.1, -0.05) is 11.6 Å². The summed E-state index contributed by atoms with van der Waals surface area (Å²) in [5.41, 5.74) is 1.26. The van der Waals surface area contributed by atoms with Gasteiger partial charge in [-0.3, -0.25) is 19.8 Å². The number of hydrogen-bond donors (Lipinski definition) is 1. The minimum Gasteiger partial charge on any atom is -0.384 e. The molecule has 2 heterocycles. The number of aromatic nitrogens is 2. The number of nitrogens with one attached hydrogen (secondary N) is 1. The van der Waals surface area contributed by atoms with Gasteiger partial charge >= 0.3 is 0 Å². The van der Waals surface area contributed by atoms with Crippen LogP contribution in [0.3, 0.4) is 0 Å². The van der Waals surface area contributed by atoms with E-state index in [9.17, 15) is 14.9 Å². The van der Waals surface area contributed by atoms with Gasteiger partial charge in [-0.05, 0) is 12.1 Å². The van der Waals surface area contributed by atoms with Crippen molar-refractivity contribution < 1.29 is 4.92 Å². The summed E-state index contributed by atoms with van der Waals surface area (Å²) >= 11 is 6.17. The molecule has 10 heteroatoms. The normalized spacial score (nSPS) is 15.0. The lowest BCUT2D eigenvalue weighted by Gasteiger charge is -2.36. The Hall–Kier alpha value is -2.65. The first-order chi connectivity index (χ1) is 13.0. The Morgan fingerprint density at radius 2 is 1.89 bits per heavy atom. The third-order valence-electron chi connectivity index (χ3n) is 4.59. The molecule has 1 aliphatic rings. The third kappa shape index (κ3) is 4.55. The molecular formula is C17H21ClN6O3. The van der Waals surface area contributed by atoms with Gasteiger partial charge in [0.1, 0.15) is 5.69 Å². The van der Waals surface area contributed by atoms with Gasteiger partial charge in [-0.25, -0.2) is 4.68 Å². The number of rotatable bonds is 6. The first-order valence-electron chi connectivity index (χ1n) is 8.63. The molecule has 0 amide bonds. The monoisotopic (exact) mass is 392 g/mol. The standard InChI is InChI=1S/C17H21ClN6O3/c1-21-17(25)16(15(18)12-20-21)23-10-8-22(9-11-23)7-6-19-13-2-4-14(5-3-13)24(26)27/h2-5,12,19H,6-11H2,1H3. The number of anilines is 2. The molecule has 0 unspecified atom stereocenters. The summed E-state index contributed by atoms with van der Waals surface area (Å²) in [6.45, 7) is 4.66. The molecule has 1 fully saturated rings. The van der Waals surface area contributed by atoms with Crippen LogP contribution in [0.15, 0.2) is 35.3 Å². The van der Waals surface area contributed by atoms with Crippen LogP contribution >= 0.6 is 11.6 Å². The van der Waals surface area contributed by atoms with Gasteiger partial charge in [0.2, 0.25) is 0 Å². The molecule has 27 heavy (non-hydrogen) atoms. The fourth-order valence-corrected chi connectivity index (χ4v) is 3.29. The number of piperazine rings is 1. The number of nitro benzene ring substituents is 1. The number of hydrogen-bond acceptors (Lipinski definition) is 7. The zero-order valence-corrected chi connectivity index (χ0v) is 15.7. The number of halogens is 1. The van der Waals surface area contributed by atoms with Crippen molar-refractivity contribution >= 4 is 28.7 Å². The van der Waals surface area contributed by atoms with Gasteiger partial charge < -0.3 is 10.2 Å². The molecule has 1 aromatic heterocycles. The van der Waals surface area contributed by atoms with Crippen molar-refractivity contribution in [2.24, 2.45) is 7.05 Å². The molecule has 1 saturated heterocycles. The van der Waals surface area contributed by atoms with Crippen LogP contribution in [0, 0.1) is 10.1 Å². The SMILES string of the molecule is Cn1ncc(Cl)c(N2CCN(CCNc3ccc([N+](=O)[O-])cc3)CC2)c1=O. The minimum absolute atomic E-state index is 0.0811. The van der Waals surface area contributed by atoms with Crippen LogP contribution in [0.4, 0.5) is 17.1 Å². The van der Waals surface area contributed by atoms with E-state index in [0.717, 1.165) is 45.0 Å². The van der Waals surface area contributed by atoms with E-state index in [-0.39, 0.29) is 11.2 Å². The van der Waals surface area contributed by atoms with E-state index in [2.05, 4.69) is 15.3 Å². The quantitative estimate of drug-likeness (QED) is 0.588. The summed E-state index contributed by atoms with van der Waals surface area (Å²) in [6.07, 6.45) is 1.50. The highest BCUT2D eigenvalue weighted by atomic mass is 35.5. The van der Waals surface area contributed by atoms with Crippen molar-refractivity contribution in [3.8, 4) is 0 Å². The Bertz CT molecular complexity index is 862. The van der Waals surface area contributed by atoms with E-state index in [1.807, 2.05) is 4.90 Å². The van der Waals surface area contributed by atoms with Crippen LogP contribution in [-0.4, -0.2) is 58.9 Å². The maximum absolute atomic E-state index is 12.3. The van der Waals surface area contributed by atoms with E-state index in [4.69, 9.17) is 11.6 Å². The summed E-state index contributed by atoms with van der Waals surface area (Å²) in [6, 6.07) is 6.38. The molecule has 9 nitrogen and oxygen atoms in total. The first-order valence-corrected chi connectivity index (χ1v) is 9.01. The molecule has 0 spiro atoms. The lowest BCUT2D eigenvalue weighted by molar-refractivity contribution is -0.384. The zero-order valence-electron chi connectivity index (χ0n) is 15.0. The van der Waals surface area contributed by atoms with Crippen LogP contribution in [0.2, 0.25) is 5.02 Å². The Balaban J connectivity index is 1.48. The van der Waals surface area contributed by atoms with Crippen molar-refractivity contribution in [2.45, 2.75) is 0 Å². The topological polar surface area (TPSA) is 96.5 Å². The Kier molecular flexibility index (Phi) is 5.92. The van der Waals surface area contributed by atoms with Gasteiger partial charge in [-0.2, -0.15) is 5.10 Å². The molecule has 0 radical (unpaired) electrons. The Labute approximate surface area is 161 Å². The van der Waals surface area contributed by atoms with Crippen molar-refractivity contribution in [3.05, 3.63) is 56.0 Å². The van der Waals surface area contributed by atoms with Crippen molar-refractivity contribution in [1.29, 1.82) is 0 Å². The fraction of sp³-hybridized carbons (Fsp3) is 0.412. The lowest BCUT2D eigenvalue weighted by atomic mass is 10.2. The highest BCUT2D eigenvalue weighted by Gasteiger charge is 2.21. The van der Waals surface area contributed by atoms with E-state index in [1.165, 1.54) is 23.0 Å². The number of nitrogens with zero attached hydrogens (tertiary/aromatic N) is 5. The van der Waals surface area contributed by atoms with Crippen LogP contribution in [0.5, 0.6) is 0 Å². The zero-order chi connectivity index (χ0) is 19.4. The number of non-ortho nitro benzene ring substituents is 1. The smallest absolute Gasteiger partial charge is 0.291 e. The van der Waals surface area contributed by atoms with Crippen LogP contribution in [-0.2, 0) is 7.05 Å². The van der Waals surface area contributed by atoms with Gasteiger partial charge in [0.25, 0.3) is 11.2 Å². The van der Waals surface area contributed by atoms with Crippen molar-refractivity contribution in [3.63, 3.8) is 0 Å². The highest BCUT2D eigenvalue weighted by Crippen LogP contribution is 2.21. The number of benzene rings is 1. The van der Waals surface area contributed by atoms with E-state index in [1.54, 1.807) is 19.2 Å². The predicted molar refractivity (Wildman–Crippen MR) is 105 cm³/mol. The summed E-state index contributed by atoms with van der Waals surface area (Å²) < 4.78 is 1.29. The highest BCUT2D eigenvalue weighted by molar-refractivity contribution is 6.33. The number of aryl methyl sites for hydroxylation is 1. The number of nitro groups is 1. The molecule has 0 bridgehead atoms. The van der Waals surface area contributed by atoms with Crippen LogP contribution in [0.25, 0.3) is 0 Å². The van der Waals surface area contributed by atoms with Crippen molar-refractivity contribution in [1.82, 2.24) is 14.7 Å². The summed E-state index contributed by atoms with van der Waals surface area (Å²) in [7, 11) is 1.61. The molecule has 1 N–H and O–H groups in total. The van der Waals surface area contributed by atoms with Crippen LogP contribution < -0.4 is 15.8 Å². The molecule has 3 rings (SSSR count). The summed E-state index contributed by atoms with van der Waals surface area (Å²) in [5.74, 6) is 0. The van der Waals surface area contributed by atoms with Crippen LogP contribution in [0.1, 0.15) is 0 Å². The fourth-order valence-electron chi connectivity index (χ4n) is 3.05. The third-order valence-corrected chi connectivity index (χ3v) is 4.87. The summed E-state index contributed by atoms with van der Waals surface area (Å²) in [4.78, 5) is 26.8. The molecule has 1 aliphatic heterocycles. The van der Waals surface area contributed by atoms with Gasteiger partial charge in [0.15, 0.2) is 0 Å². The lowest BCUT2D eigenvalue weighted by Crippen LogP contribution is -2.49. The minimum atomic E-state index is -0.411. The average Bonchev–Trinajstić information content (AvgIpc) is 2.67. The van der Waals surface area contributed by atoms with Gasteiger partial charge in [0.05, 0.1) is 16.1 Å². The van der Waals surface area contributed by atoms with Gasteiger partial charge in [-0.15, -0.1) is 0 Å². The second-order valence-corrected chi connectivity index (χ2v) is 6.74. The first kappa shape index (κ1) is 19.1. The molecule has 1 aromatic carbocycles. The maximum atomic E-state index is 12.3. The van der Waals surface area contributed by atoms with Gasteiger partial charge in [0, 0.05) is 64.1 Å². The molecule has 0 saturated carbocycles. The Morgan fingerprint density at radius 3 is 2.52 bits per heavy atom. The predicted octanol–water partition coefficient (Wildman–Crippen LogP) is 1.58. The molecule has 144 valence electrons. The maximum Gasteiger partial charge on any atom is 0.291 e. The largest absolute Gasteiger partial charge is 0.384 e. The second kappa shape index (κ2) is 8.36. The van der Waals surface area contributed by atoms with E-state index in [0.29, 0.717) is 10.7 Å². The van der Waals surface area contributed by atoms with E-state index < -0.39 is 4.92 Å². The molecule has 0 aliphatic carbocycles. The molecular weight excluding hydrogens is 372 g/mol. The molecule has 2 aromatic rings. The Morgan fingerprint density at radius 1 is 1.22 bits per heavy atom. The van der Waals surface area contributed by atoms with Crippen molar-refractivity contribution in [2.75, 3.05) is 49.5 Å². The average molecular weight is 393 g/mol. The summed E-state index contributed by atoms with van der Waals surface area (Å²) in [5, 5.41) is 18.2. The second-order valence-electron chi connectivity index (χ2n) is 6.33.